The minimum atomic E-state index is -0.393. The maximum atomic E-state index is 15.4. The average molecular weight is 546 g/mol. The topological polar surface area (TPSA) is 36.0 Å². The number of anilines is 2. The number of carbonyl (C=O) groups excluding carboxylic acids is 1. The molecule has 2 saturated heterocycles. The molecule has 6 rings (SSSR count). The van der Waals surface area contributed by atoms with Crippen LogP contribution in [0.3, 0.4) is 0 Å². The van der Waals surface area contributed by atoms with Gasteiger partial charge < -0.3 is 14.5 Å². The maximum absolute atomic E-state index is 15.4. The fraction of sp³-hybridized carbons (Fsp3) is 0.424. The first-order chi connectivity index (χ1) is 19.5. The standard InChI is InChI=1S/C33H37F2N3O2/c1-2-23-7-9-24(10-8-23)19-36-20-27-28(21-36)29(27)22-38(33(39)17-25-5-3-4-6-30(25)34)26-11-12-32(31(35)18-26)37-13-15-40-16-14-37/h3-12,18,27-29H,2,13-17,19-22H2,1H3. The van der Waals surface area contributed by atoms with E-state index in [-0.39, 0.29) is 18.1 Å². The number of carbonyl (C=O) groups is 1. The van der Waals surface area contributed by atoms with Crippen LogP contribution in [0, 0.1) is 29.4 Å². The lowest BCUT2D eigenvalue weighted by Gasteiger charge is -2.30. The molecule has 3 aliphatic rings. The number of amides is 1. The fourth-order valence-electron chi connectivity index (χ4n) is 6.46. The smallest absolute Gasteiger partial charge is 0.231 e. The molecule has 0 N–H and O–H groups in total. The molecule has 40 heavy (non-hydrogen) atoms. The van der Waals surface area contributed by atoms with Crippen LogP contribution < -0.4 is 9.80 Å². The quantitative estimate of drug-likeness (QED) is 0.365. The number of ether oxygens (including phenoxy) is 1. The number of piperidine rings is 1. The molecule has 2 aliphatic heterocycles. The first-order valence-corrected chi connectivity index (χ1v) is 14.5. The summed E-state index contributed by atoms with van der Waals surface area (Å²) in [6.07, 6.45) is 0.989. The van der Waals surface area contributed by atoms with E-state index in [1.54, 1.807) is 29.2 Å². The van der Waals surface area contributed by atoms with E-state index in [0.29, 0.717) is 67.5 Å². The highest BCUT2D eigenvalue weighted by atomic mass is 19.1. The van der Waals surface area contributed by atoms with Gasteiger partial charge in [0.25, 0.3) is 0 Å². The number of halogens is 2. The van der Waals surface area contributed by atoms with Crippen molar-refractivity contribution in [1.82, 2.24) is 4.90 Å². The third kappa shape index (κ3) is 5.77. The Morgan fingerprint density at radius 1 is 0.925 bits per heavy atom. The van der Waals surface area contributed by atoms with Crippen LogP contribution in [-0.4, -0.2) is 56.7 Å². The van der Waals surface area contributed by atoms with E-state index in [4.69, 9.17) is 4.74 Å². The van der Waals surface area contributed by atoms with Crippen LogP contribution in [0.15, 0.2) is 66.7 Å². The molecule has 0 aromatic heterocycles. The molecular weight excluding hydrogens is 508 g/mol. The Labute approximate surface area is 235 Å². The predicted molar refractivity (Wildman–Crippen MR) is 153 cm³/mol. The Morgan fingerprint density at radius 2 is 1.62 bits per heavy atom. The molecule has 0 bridgehead atoms. The summed E-state index contributed by atoms with van der Waals surface area (Å²) in [5, 5.41) is 0. The second-order valence-corrected chi connectivity index (χ2v) is 11.4. The van der Waals surface area contributed by atoms with E-state index in [1.807, 2.05) is 11.0 Å². The summed E-state index contributed by atoms with van der Waals surface area (Å²) in [5.41, 5.74) is 4.10. The van der Waals surface area contributed by atoms with Crippen molar-refractivity contribution in [2.24, 2.45) is 17.8 Å². The van der Waals surface area contributed by atoms with Crippen LogP contribution in [0.2, 0.25) is 0 Å². The zero-order chi connectivity index (χ0) is 27.6. The summed E-state index contributed by atoms with van der Waals surface area (Å²) < 4.78 is 35.2. The zero-order valence-electron chi connectivity index (χ0n) is 23.1. The highest BCUT2D eigenvalue weighted by Crippen LogP contribution is 2.52. The van der Waals surface area contributed by atoms with E-state index >= 15 is 4.39 Å². The van der Waals surface area contributed by atoms with Gasteiger partial charge in [0, 0.05) is 45.0 Å². The zero-order valence-corrected chi connectivity index (χ0v) is 23.1. The molecule has 2 heterocycles. The van der Waals surface area contributed by atoms with Crippen molar-refractivity contribution in [3.05, 3.63) is 95.1 Å². The Kier molecular flexibility index (Phi) is 7.85. The fourth-order valence-corrected chi connectivity index (χ4v) is 6.46. The van der Waals surface area contributed by atoms with Crippen molar-refractivity contribution < 1.29 is 18.3 Å². The van der Waals surface area contributed by atoms with Crippen LogP contribution >= 0.6 is 0 Å². The number of benzene rings is 3. The normalized spacial score (nSPS) is 22.3. The van der Waals surface area contributed by atoms with E-state index in [2.05, 4.69) is 36.1 Å². The van der Waals surface area contributed by atoms with Gasteiger partial charge in [0.05, 0.1) is 25.3 Å². The molecule has 1 amide bonds. The van der Waals surface area contributed by atoms with Crippen LogP contribution in [0.4, 0.5) is 20.2 Å². The maximum Gasteiger partial charge on any atom is 0.231 e. The molecule has 2 atom stereocenters. The molecule has 0 spiro atoms. The summed E-state index contributed by atoms with van der Waals surface area (Å²) in [4.78, 5) is 19.8. The van der Waals surface area contributed by atoms with Gasteiger partial charge in [-0.1, -0.05) is 49.4 Å². The van der Waals surface area contributed by atoms with E-state index in [1.165, 1.54) is 23.3 Å². The van der Waals surface area contributed by atoms with Gasteiger partial charge in [-0.15, -0.1) is 0 Å². The molecular formula is C33H37F2N3O2. The third-order valence-electron chi connectivity index (χ3n) is 8.87. The molecule has 2 unspecified atom stereocenters. The van der Waals surface area contributed by atoms with Crippen LogP contribution in [0.25, 0.3) is 0 Å². The first-order valence-electron chi connectivity index (χ1n) is 14.5. The van der Waals surface area contributed by atoms with Crippen molar-refractivity contribution in [3.63, 3.8) is 0 Å². The van der Waals surface area contributed by atoms with Gasteiger partial charge in [-0.3, -0.25) is 9.69 Å². The number of likely N-dealkylation sites (tertiary alicyclic amines) is 1. The lowest BCUT2D eigenvalue weighted by molar-refractivity contribution is -0.118. The summed E-state index contributed by atoms with van der Waals surface area (Å²) in [7, 11) is 0. The number of fused-ring (bicyclic) bond motifs is 1. The minimum absolute atomic E-state index is 0.0541. The molecule has 5 nitrogen and oxygen atoms in total. The van der Waals surface area contributed by atoms with Gasteiger partial charge in [0.2, 0.25) is 5.91 Å². The van der Waals surface area contributed by atoms with Crippen molar-refractivity contribution in [2.45, 2.75) is 26.3 Å². The van der Waals surface area contributed by atoms with Crippen molar-refractivity contribution in [3.8, 4) is 0 Å². The first kappa shape index (κ1) is 26.9. The Morgan fingerprint density at radius 3 is 2.30 bits per heavy atom. The number of aryl methyl sites for hydroxylation is 1. The van der Waals surface area contributed by atoms with Crippen LogP contribution in [0.5, 0.6) is 0 Å². The molecule has 0 radical (unpaired) electrons. The molecule has 3 aromatic carbocycles. The third-order valence-corrected chi connectivity index (χ3v) is 8.87. The van der Waals surface area contributed by atoms with Crippen LogP contribution in [0.1, 0.15) is 23.6 Å². The average Bonchev–Trinajstić information content (AvgIpc) is 3.42. The highest BCUT2D eigenvalue weighted by Gasteiger charge is 2.56. The van der Waals surface area contributed by atoms with E-state index in [0.717, 1.165) is 26.1 Å². The summed E-state index contributed by atoms with van der Waals surface area (Å²) in [5.74, 6) is 0.467. The van der Waals surface area contributed by atoms with Crippen molar-refractivity contribution >= 4 is 17.3 Å². The lowest BCUT2D eigenvalue weighted by atomic mass is 10.1. The molecule has 3 fully saturated rings. The molecule has 3 aromatic rings. The summed E-state index contributed by atoms with van der Waals surface area (Å²) in [6, 6.07) is 20.3. The Balaban J connectivity index is 1.15. The van der Waals surface area contributed by atoms with Gasteiger partial charge in [0.15, 0.2) is 0 Å². The number of rotatable bonds is 9. The van der Waals surface area contributed by atoms with Crippen molar-refractivity contribution in [1.29, 1.82) is 0 Å². The van der Waals surface area contributed by atoms with Gasteiger partial charge in [0.1, 0.15) is 11.6 Å². The minimum Gasteiger partial charge on any atom is -0.378 e. The summed E-state index contributed by atoms with van der Waals surface area (Å²) >= 11 is 0. The Bertz CT molecular complexity index is 1330. The van der Waals surface area contributed by atoms with E-state index in [9.17, 15) is 9.18 Å². The number of morpholine rings is 1. The van der Waals surface area contributed by atoms with E-state index < -0.39 is 5.82 Å². The second-order valence-electron chi connectivity index (χ2n) is 11.4. The lowest BCUT2D eigenvalue weighted by Crippen LogP contribution is -2.38. The molecule has 7 heteroatoms. The Hall–Kier alpha value is -3.29. The summed E-state index contributed by atoms with van der Waals surface area (Å²) in [6.45, 7) is 8.05. The number of hydrogen-bond donors (Lipinski definition) is 0. The van der Waals surface area contributed by atoms with Gasteiger partial charge >= 0.3 is 0 Å². The largest absolute Gasteiger partial charge is 0.378 e. The molecule has 1 aliphatic carbocycles. The highest BCUT2D eigenvalue weighted by molar-refractivity contribution is 5.95. The molecule has 210 valence electrons. The van der Waals surface area contributed by atoms with Crippen LogP contribution in [-0.2, 0) is 28.9 Å². The molecule has 1 saturated carbocycles. The number of hydrogen-bond acceptors (Lipinski definition) is 4. The predicted octanol–water partition coefficient (Wildman–Crippen LogP) is 5.32. The number of nitrogens with zero attached hydrogens (tertiary/aromatic N) is 3. The SMILES string of the molecule is CCc1ccc(CN2CC3C(C2)C3CN(C(=O)Cc2ccccc2F)c2ccc(N3CCOCC3)c(F)c2)cc1. The van der Waals surface area contributed by atoms with Gasteiger partial charge in [-0.05, 0) is 65.1 Å². The second kappa shape index (κ2) is 11.7. The van der Waals surface area contributed by atoms with Gasteiger partial charge in [-0.25, -0.2) is 8.78 Å². The monoisotopic (exact) mass is 545 g/mol. The van der Waals surface area contributed by atoms with Gasteiger partial charge in [-0.2, -0.15) is 0 Å². The van der Waals surface area contributed by atoms with Crippen molar-refractivity contribution in [2.75, 3.05) is 55.7 Å².